The zero-order chi connectivity index (χ0) is 17.1. The molecule has 2 aromatic carbocycles. The first-order valence-corrected chi connectivity index (χ1v) is 7.56. The molecule has 0 aliphatic carbocycles. The second kappa shape index (κ2) is 6.54. The van der Waals surface area contributed by atoms with Gasteiger partial charge in [0.1, 0.15) is 13.1 Å². The topological polar surface area (TPSA) is 60.9 Å². The fourth-order valence-electron chi connectivity index (χ4n) is 2.54. The summed E-state index contributed by atoms with van der Waals surface area (Å²) in [7, 11) is 1.62. The van der Waals surface area contributed by atoms with Crippen LogP contribution >= 0.6 is 0 Å². The lowest BCUT2D eigenvalue weighted by molar-refractivity contribution is -0.129. The van der Waals surface area contributed by atoms with Gasteiger partial charge in [-0.05, 0) is 24.3 Å². The number of imide groups is 1. The molecule has 0 spiro atoms. The highest BCUT2D eigenvalue weighted by atomic mass is 16.2. The van der Waals surface area contributed by atoms with Crippen LogP contribution in [0.1, 0.15) is 0 Å². The summed E-state index contributed by atoms with van der Waals surface area (Å²) in [5.41, 5.74) is 1.35. The number of carbonyl (C=O) groups is 3. The molecule has 0 N–H and O–H groups in total. The maximum Gasteiger partial charge on any atom is 0.332 e. The Kier molecular flexibility index (Phi) is 4.29. The summed E-state index contributed by atoms with van der Waals surface area (Å²) in [6.45, 7) is -0.322. The largest absolute Gasteiger partial charge is 0.332 e. The average molecular weight is 323 g/mol. The van der Waals surface area contributed by atoms with E-state index in [1.165, 1.54) is 9.80 Å². The Hall–Kier alpha value is -3.15. The summed E-state index contributed by atoms with van der Waals surface area (Å²) in [5.74, 6) is -0.698. The molecular formula is C18H17N3O3. The molecule has 0 bridgehead atoms. The fourth-order valence-corrected chi connectivity index (χ4v) is 2.54. The van der Waals surface area contributed by atoms with Crippen molar-refractivity contribution >= 4 is 29.2 Å². The number of rotatable bonds is 4. The van der Waals surface area contributed by atoms with E-state index < -0.39 is 6.03 Å². The first-order chi connectivity index (χ1) is 11.6. The highest BCUT2D eigenvalue weighted by Crippen LogP contribution is 2.21. The van der Waals surface area contributed by atoms with Gasteiger partial charge in [0.15, 0.2) is 0 Å². The fraction of sp³-hybridized carbons (Fsp3) is 0.167. The highest BCUT2D eigenvalue weighted by molar-refractivity contribution is 6.14. The molecule has 3 rings (SSSR count). The second-order valence-electron chi connectivity index (χ2n) is 5.47. The summed E-state index contributed by atoms with van der Waals surface area (Å²) in [6.07, 6.45) is 0. The van der Waals surface area contributed by atoms with Crippen LogP contribution in [-0.4, -0.2) is 42.9 Å². The number of para-hydroxylation sites is 2. The third kappa shape index (κ3) is 2.99. The average Bonchev–Trinajstić information content (AvgIpc) is 2.90. The van der Waals surface area contributed by atoms with Crippen molar-refractivity contribution in [2.45, 2.75) is 0 Å². The number of carbonyl (C=O) groups excluding carboxylic acids is 3. The molecule has 0 aromatic heterocycles. The van der Waals surface area contributed by atoms with E-state index in [0.717, 1.165) is 4.90 Å². The summed E-state index contributed by atoms with van der Waals surface area (Å²) in [4.78, 5) is 40.8. The minimum Gasteiger partial charge on any atom is -0.314 e. The van der Waals surface area contributed by atoms with Gasteiger partial charge in [0.25, 0.3) is 5.91 Å². The number of anilines is 2. The van der Waals surface area contributed by atoms with Gasteiger partial charge in [-0.15, -0.1) is 0 Å². The van der Waals surface area contributed by atoms with Crippen molar-refractivity contribution in [3.63, 3.8) is 0 Å². The van der Waals surface area contributed by atoms with Crippen LogP contribution < -0.4 is 9.80 Å². The van der Waals surface area contributed by atoms with Gasteiger partial charge in [-0.1, -0.05) is 36.4 Å². The van der Waals surface area contributed by atoms with Crippen molar-refractivity contribution < 1.29 is 14.4 Å². The third-order valence-electron chi connectivity index (χ3n) is 3.94. The summed E-state index contributed by atoms with van der Waals surface area (Å²) in [5, 5.41) is 0. The lowest BCUT2D eigenvalue weighted by atomic mass is 10.3. The van der Waals surface area contributed by atoms with Crippen molar-refractivity contribution in [2.75, 3.05) is 29.9 Å². The quantitative estimate of drug-likeness (QED) is 0.810. The maximum absolute atomic E-state index is 12.5. The highest BCUT2D eigenvalue weighted by Gasteiger charge is 2.38. The van der Waals surface area contributed by atoms with Crippen LogP contribution in [0.3, 0.4) is 0 Å². The molecule has 1 aliphatic rings. The summed E-state index contributed by atoms with van der Waals surface area (Å²) < 4.78 is 0. The van der Waals surface area contributed by atoms with Gasteiger partial charge >= 0.3 is 6.03 Å². The predicted octanol–water partition coefficient (Wildman–Crippen LogP) is 2.12. The van der Waals surface area contributed by atoms with E-state index in [-0.39, 0.29) is 24.9 Å². The molecule has 1 fully saturated rings. The van der Waals surface area contributed by atoms with Crippen molar-refractivity contribution in [2.24, 2.45) is 0 Å². The van der Waals surface area contributed by atoms with E-state index in [9.17, 15) is 14.4 Å². The van der Waals surface area contributed by atoms with Gasteiger partial charge in [0.05, 0.1) is 0 Å². The molecule has 24 heavy (non-hydrogen) atoms. The lowest BCUT2D eigenvalue weighted by Gasteiger charge is -2.21. The molecular weight excluding hydrogens is 306 g/mol. The Morgan fingerprint density at radius 3 is 2.21 bits per heavy atom. The number of hydrogen-bond donors (Lipinski definition) is 0. The molecule has 6 heteroatoms. The molecule has 6 nitrogen and oxygen atoms in total. The maximum atomic E-state index is 12.5. The molecule has 1 aliphatic heterocycles. The Labute approximate surface area is 139 Å². The van der Waals surface area contributed by atoms with Gasteiger partial charge in [0, 0.05) is 18.4 Å². The molecule has 4 amide bonds. The van der Waals surface area contributed by atoms with Crippen LogP contribution in [0, 0.1) is 0 Å². The number of benzene rings is 2. The minimum absolute atomic E-state index is 0.0504. The van der Waals surface area contributed by atoms with Crippen molar-refractivity contribution in [3.8, 4) is 0 Å². The third-order valence-corrected chi connectivity index (χ3v) is 3.94. The van der Waals surface area contributed by atoms with Gasteiger partial charge in [-0.25, -0.2) is 4.79 Å². The molecule has 1 saturated heterocycles. The molecule has 0 unspecified atom stereocenters. The first kappa shape index (κ1) is 15.7. The van der Waals surface area contributed by atoms with Crippen LogP contribution in [0.4, 0.5) is 16.2 Å². The van der Waals surface area contributed by atoms with Gasteiger partial charge < -0.3 is 4.90 Å². The number of nitrogens with zero attached hydrogens (tertiary/aromatic N) is 3. The van der Waals surface area contributed by atoms with Crippen LogP contribution in [0.25, 0.3) is 0 Å². The lowest BCUT2D eigenvalue weighted by Crippen LogP contribution is -2.42. The van der Waals surface area contributed by atoms with Gasteiger partial charge in [-0.3, -0.25) is 19.4 Å². The normalized spacial score (nSPS) is 14.2. The number of urea groups is 1. The molecule has 2 aromatic rings. The Morgan fingerprint density at radius 1 is 1.00 bits per heavy atom. The van der Waals surface area contributed by atoms with Crippen LogP contribution in [-0.2, 0) is 9.59 Å². The minimum atomic E-state index is -0.471. The standard InChI is InChI=1S/C18H17N3O3/c1-19(14-8-4-2-5-9-14)16(22)12-21-17(23)13-20(18(21)24)15-10-6-3-7-11-15/h2-11H,12-13H2,1H3. The summed E-state index contributed by atoms with van der Waals surface area (Å²) >= 11 is 0. The molecule has 1 heterocycles. The van der Waals surface area contributed by atoms with E-state index in [2.05, 4.69) is 0 Å². The SMILES string of the molecule is CN(C(=O)CN1C(=O)CN(c2ccccc2)C1=O)c1ccccc1. The van der Waals surface area contributed by atoms with Crippen LogP contribution in [0.5, 0.6) is 0 Å². The van der Waals surface area contributed by atoms with Crippen molar-refractivity contribution in [1.82, 2.24) is 4.90 Å². The van der Waals surface area contributed by atoms with Crippen molar-refractivity contribution in [1.29, 1.82) is 0 Å². The molecule has 0 atom stereocenters. The second-order valence-corrected chi connectivity index (χ2v) is 5.47. The van der Waals surface area contributed by atoms with Crippen LogP contribution in [0.15, 0.2) is 60.7 Å². The smallest absolute Gasteiger partial charge is 0.314 e. The summed E-state index contributed by atoms with van der Waals surface area (Å²) in [6, 6.07) is 17.6. The number of likely N-dealkylation sites (N-methyl/N-ethyl adjacent to an activating group) is 1. The van der Waals surface area contributed by atoms with E-state index in [0.29, 0.717) is 11.4 Å². The van der Waals surface area contributed by atoms with Crippen molar-refractivity contribution in [3.05, 3.63) is 60.7 Å². The first-order valence-electron chi connectivity index (χ1n) is 7.56. The monoisotopic (exact) mass is 323 g/mol. The Balaban J connectivity index is 1.72. The van der Waals surface area contributed by atoms with E-state index in [1.54, 1.807) is 43.4 Å². The molecule has 0 saturated carbocycles. The van der Waals surface area contributed by atoms with Gasteiger partial charge in [-0.2, -0.15) is 0 Å². The van der Waals surface area contributed by atoms with E-state index >= 15 is 0 Å². The van der Waals surface area contributed by atoms with E-state index in [1.807, 2.05) is 24.3 Å². The Bertz CT molecular complexity index is 762. The van der Waals surface area contributed by atoms with Gasteiger partial charge in [0.2, 0.25) is 5.91 Å². The number of amides is 4. The predicted molar refractivity (Wildman–Crippen MR) is 90.7 cm³/mol. The van der Waals surface area contributed by atoms with E-state index in [4.69, 9.17) is 0 Å². The Morgan fingerprint density at radius 2 is 1.58 bits per heavy atom. The molecule has 122 valence electrons. The zero-order valence-corrected chi connectivity index (χ0v) is 13.3. The zero-order valence-electron chi connectivity index (χ0n) is 13.3. The molecule has 0 radical (unpaired) electrons. The van der Waals surface area contributed by atoms with Crippen LogP contribution in [0.2, 0.25) is 0 Å². The number of hydrogen-bond acceptors (Lipinski definition) is 3.